The Hall–Kier alpha value is -1.53. The fraction of sp³-hybridized carbons (Fsp3) is 0.158. The van der Waals surface area contributed by atoms with Crippen molar-refractivity contribution in [2.45, 2.75) is 19.6 Å². The van der Waals surface area contributed by atoms with E-state index in [4.69, 9.17) is 11.6 Å². The van der Waals surface area contributed by atoms with E-state index in [0.29, 0.717) is 21.5 Å². The molecule has 2 aromatic carbocycles. The van der Waals surface area contributed by atoms with E-state index in [-0.39, 0.29) is 44.8 Å². The first-order valence-corrected chi connectivity index (χ1v) is 8.11. The summed E-state index contributed by atoms with van der Waals surface area (Å²) < 4.78 is 0. The number of halogens is 1. The summed E-state index contributed by atoms with van der Waals surface area (Å²) >= 11 is 5.83. The van der Waals surface area contributed by atoms with E-state index in [1.807, 2.05) is 0 Å². The number of H-pyrrole nitrogens is 1. The third-order valence-electron chi connectivity index (χ3n) is 3.94. The van der Waals surface area contributed by atoms with Crippen molar-refractivity contribution in [1.82, 2.24) is 10.3 Å². The van der Waals surface area contributed by atoms with Crippen LogP contribution in [-0.2, 0) is 39.3 Å². The first kappa shape index (κ1) is 20.8. The number of carbonyl (C=O) groups is 1. The number of amides is 1. The van der Waals surface area contributed by atoms with Crippen molar-refractivity contribution >= 4 is 28.4 Å². The molecular weight excluding hydrogens is 429 g/mol. The van der Waals surface area contributed by atoms with Crippen molar-refractivity contribution in [2.24, 2.45) is 0 Å². The van der Waals surface area contributed by atoms with Gasteiger partial charge in [0.1, 0.15) is 5.43 Å². The molecule has 1 atom stereocenters. The van der Waals surface area contributed by atoms with Gasteiger partial charge in [0.05, 0.1) is 5.56 Å². The van der Waals surface area contributed by atoms with E-state index >= 15 is 0 Å². The number of nitrogens with one attached hydrogen (secondary N) is 2. The van der Waals surface area contributed by atoms with Crippen LogP contribution in [0.4, 0.5) is 0 Å². The number of carbonyl (C=O) groups excluding carboxylic acids is 1. The predicted octanol–water partition coefficient (Wildman–Crippen LogP) is 2.96. The van der Waals surface area contributed by atoms with Gasteiger partial charge in [0.2, 0.25) is 0 Å². The van der Waals surface area contributed by atoms with Crippen LogP contribution in [0.2, 0.25) is 5.02 Å². The molecule has 1 heterocycles. The second kappa shape index (κ2) is 8.91. The van der Waals surface area contributed by atoms with Crippen LogP contribution in [0.25, 0.3) is 10.9 Å². The van der Waals surface area contributed by atoms with Crippen LogP contribution in [0.5, 0.6) is 0 Å². The van der Waals surface area contributed by atoms with E-state index < -0.39 is 17.4 Å². The largest absolute Gasteiger partial charge is 3.00 e. The van der Waals surface area contributed by atoms with Crippen molar-refractivity contribution in [3.05, 3.63) is 80.6 Å². The molecule has 0 aliphatic rings. The third kappa shape index (κ3) is 4.41. The van der Waals surface area contributed by atoms with Gasteiger partial charge < -0.3 is 20.2 Å². The number of hydrogen-bond donors (Lipinski definition) is 3. The first-order valence-electron chi connectivity index (χ1n) is 7.73. The summed E-state index contributed by atoms with van der Waals surface area (Å²) in [5.41, 5.74) is 1.55. The molecule has 0 saturated heterocycles. The standard InChI is InChI=1S/C19H16ClN2O3.Y/c1-11(23)14-3-2-4-15-17(14)21-10-16(18(15)24)19(25)22-9-12-5-7-13(20)8-6-12;/h3-8,10-11,23H,9H2,1H3,(H,21,24)(H,22,25);/q-1;+3. The Balaban J connectivity index is 0.00000243. The summed E-state index contributed by atoms with van der Waals surface area (Å²) in [5, 5.41) is 13.4. The summed E-state index contributed by atoms with van der Waals surface area (Å²) in [4.78, 5) is 27.9. The molecule has 0 bridgehead atoms. The number of aromatic nitrogens is 1. The molecule has 0 aliphatic heterocycles. The monoisotopic (exact) mass is 444 g/mol. The molecule has 3 N–H and O–H groups in total. The molecule has 1 amide bonds. The van der Waals surface area contributed by atoms with E-state index in [2.05, 4.69) is 16.4 Å². The molecule has 0 saturated carbocycles. The summed E-state index contributed by atoms with van der Waals surface area (Å²) in [5.74, 6) is -0.472. The van der Waals surface area contributed by atoms with Crippen molar-refractivity contribution < 1.29 is 42.6 Å². The Labute approximate surface area is 180 Å². The van der Waals surface area contributed by atoms with E-state index in [1.165, 1.54) is 12.3 Å². The van der Waals surface area contributed by atoms with Gasteiger partial charge in [0, 0.05) is 23.9 Å². The topological polar surface area (TPSA) is 82.2 Å². The molecule has 0 aliphatic carbocycles. The maximum atomic E-state index is 12.6. The number of fused-ring (bicyclic) bond motifs is 1. The zero-order valence-corrected chi connectivity index (χ0v) is 17.6. The number of benzene rings is 2. The van der Waals surface area contributed by atoms with Crippen LogP contribution in [0, 0.1) is 6.07 Å². The van der Waals surface area contributed by atoms with Crippen molar-refractivity contribution in [3.8, 4) is 0 Å². The minimum absolute atomic E-state index is 0. The second-order valence-electron chi connectivity index (χ2n) is 5.72. The zero-order chi connectivity index (χ0) is 18.0. The van der Waals surface area contributed by atoms with Gasteiger partial charge in [0.15, 0.2) is 0 Å². The summed E-state index contributed by atoms with van der Waals surface area (Å²) in [6.45, 7) is 1.89. The number of pyridine rings is 1. The van der Waals surface area contributed by atoms with E-state index in [0.717, 1.165) is 5.56 Å². The van der Waals surface area contributed by atoms with E-state index in [9.17, 15) is 14.7 Å². The number of aromatic amines is 1. The summed E-state index contributed by atoms with van der Waals surface area (Å²) in [7, 11) is 0. The van der Waals surface area contributed by atoms with Gasteiger partial charge in [-0.2, -0.15) is 18.2 Å². The molecule has 1 aromatic heterocycles. The van der Waals surface area contributed by atoms with Crippen LogP contribution in [0.15, 0.2) is 47.4 Å². The number of aliphatic hydroxyl groups excluding tert-OH is 1. The minimum atomic E-state index is -0.750. The molecule has 26 heavy (non-hydrogen) atoms. The van der Waals surface area contributed by atoms with Gasteiger partial charge in [-0.05, 0) is 24.6 Å². The van der Waals surface area contributed by atoms with Gasteiger partial charge in [-0.15, -0.1) is 5.56 Å². The molecule has 7 heteroatoms. The van der Waals surface area contributed by atoms with Crippen molar-refractivity contribution in [1.29, 1.82) is 0 Å². The van der Waals surface area contributed by atoms with Crippen LogP contribution in [0.3, 0.4) is 0 Å². The summed E-state index contributed by atoms with van der Waals surface area (Å²) in [6.07, 6.45) is 0.619. The molecule has 3 rings (SSSR count). The fourth-order valence-electron chi connectivity index (χ4n) is 2.59. The Morgan fingerprint density at radius 3 is 2.65 bits per heavy atom. The SMILES string of the molecule is CC(O)c1c[c-]cc2c(=O)c(C(=O)NCc3ccc(Cl)cc3)c[nH]c12.[Y+3]. The van der Waals surface area contributed by atoms with Crippen molar-refractivity contribution in [2.75, 3.05) is 0 Å². The van der Waals surface area contributed by atoms with Crippen LogP contribution < -0.4 is 10.7 Å². The quantitative estimate of drug-likeness (QED) is 0.541. The third-order valence-corrected chi connectivity index (χ3v) is 4.19. The predicted molar refractivity (Wildman–Crippen MR) is 96.7 cm³/mol. The average molecular weight is 445 g/mol. The first-order chi connectivity index (χ1) is 12.0. The maximum Gasteiger partial charge on any atom is 3.00 e. The van der Waals surface area contributed by atoms with Gasteiger partial charge in [-0.3, -0.25) is 4.79 Å². The fourth-order valence-corrected chi connectivity index (χ4v) is 2.71. The normalized spacial score (nSPS) is 11.7. The molecule has 0 spiro atoms. The molecule has 5 nitrogen and oxygen atoms in total. The van der Waals surface area contributed by atoms with Crippen LogP contribution >= 0.6 is 11.6 Å². The molecular formula is C19H16ClN2O3Y+2. The number of rotatable bonds is 4. The van der Waals surface area contributed by atoms with Gasteiger partial charge in [-0.1, -0.05) is 34.6 Å². The van der Waals surface area contributed by atoms with Crippen LogP contribution in [-0.4, -0.2) is 16.0 Å². The van der Waals surface area contributed by atoms with Gasteiger partial charge in [0.25, 0.3) is 5.91 Å². The Kier molecular flexibility index (Phi) is 7.12. The number of aliphatic hydroxyl groups is 1. The smallest absolute Gasteiger partial charge is 0.401 e. The molecule has 1 unspecified atom stereocenters. The Bertz CT molecular complexity index is 984. The van der Waals surface area contributed by atoms with Gasteiger partial charge in [-0.25, -0.2) is 0 Å². The average Bonchev–Trinajstić information content (AvgIpc) is 2.61. The molecule has 0 radical (unpaired) electrons. The van der Waals surface area contributed by atoms with Gasteiger partial charge >= 0.3 is 32.7 Å². The number of hydrogen-bond acceptors (Lipinski definition) is 3. The van der Waals surface area contributed by atoms with Crippen molar-refractivity contribution in [3.63, 3.8) is 0 Å². The summed E-state index contributed by atoms with van der Waals surface area (Å²) in [6, 6.07) is 13.0. The van der Waals surface area contributed by atoms with E-state index in [1.54, 1.807) is 37.3 Å². The second-order valence-corrected chi connectivity index (χ2v) is 6.15. The minimum Gasteiger partial charge on any atom is -0.401 e. The Morgan fingerprint density at radius 1 is 1.31 bits per heavy atom. The maximum absolute atomic E-state index is 12.6. The van der Waals surface area contributed by atoms with Crippen LogP contribution in [0.1, 0.15) is 34.5 Å². The molecule has 3 aromatic rings. The molecule has 128 valence electrons. The zero-order valence-electron chi connectivity index (χ0n) is 14.0. The molecule has 0 fully saturated rings. The Morgan fingerprint density at radius 2 is 2.00 bits per heavy atom.